The number of aromatic nitrogens is 1. The molecule has 3 heterocycles. The molecule has 0 saturated carbocycles. The minimum absolute atomic E-state index is 0.243. The summed E-state index contributed by atoms with van der Waals surface area (Å²) >= 11 is 1.63. The maximum absolute atomic E-state index is 13.9. The largest absolute Gasteiger partial charge is 0.497 e. The summed E-state index contributed by atoms with van der Waals surface area (Å²) in [5.41, 5.74) is -0.903. The highest BCUT2D eigenvalue weighted by atomic mass is 32.2. The molecule has 0 spiro atoms. The Morgan fingerprint density at radius 3 is 2.30 bits per heavy atom. The fraction of sp³-hybridized carbons (Fsp3) is 0.200. The van der Waals surface area contributed by atoms with Crippen LogP contribution in [0, 0.1) is 11.7 Å². The van der Waals surface area contributed by atoms with Gasteiger partial charge in [-0.3, -0.25) is 23.7 Å². The van der Waals surface area contributed by atoms with Crippen molar-refractivity contribution in [3.05, 3.63) is 104 Å². The summed E-state index contributed by atoms with van der Waals surface area (Å²) in [6, 6.07) is 16.0. The molecule has 1 N–H and O–H groups in total. The molecule has 44 heavy (non-hydrogen) atoms. The van der Waals surface area contributed by atoms with Crippen molar-refractivity contribution in [3.63, 3.8) is 0 Å². The van der Waals surface area contributed by atoms with E-state index in [0.717, 1.165) is 53.4 Å². The number of methoxy groups -OCH3 is 1. The maximum atomic E-state index is 13.9. The lowest BCUT2D eigenvalue weighted by atomic mass is 9.83. The number of para-hydroxylation sites is 1. The van der Waals surface area contributed by atoms with Gasteiger partial charge in [0.05, 0.1) is 29.3 Å². The topological polar surface area (TPSA) is 97.7 Å². The van der Waals surface area contributed by atoms with Crippen LogP contribution < -0.4 is 19.8 Å². The zero-order valence-corrected chi connectivity index (χ0v) is 24.3. The zero-order valence-electron chi connectivity index (χ0n) is 22.6. The third kappa shape index (κ3) is 5.17. The average Bonchev–Trinajstić information content (AvgIpc) is 3.43. The van der Waals surface area contributed by atoms with Crippen LogP contribution in [0.3, 0.4) is 0 Å². The number of imide groups is 1. The van der Waals surface area contributed by atoms with E-state index in [0.29, 0.717) is 26.8 Å². The highest BCUT2D eigenvalue weighted by Gasteiger charge is 2.57. The number of nitrogens with zero attached hydrogens (tertiary/aromatic N) is 2. The van der Waals surface area contributed by atoms with Crippen molar-refractivity contribution in [2.24, 2.45) is 5.92 Å². The van der Waals surface area contributed by atoms with E-state index in [1.807, 2.05) is 0 Å². The Morgan fingerprint density at radius 2 is 1.64 bits per heavy atom. The van der Waals surface area contributed by atoms with Crippen LogP contribution in [0.1, 0.15) is 21.9 Å². The number of nitrogens with one attached hydrogen (secondary N) is 1. The van der Waals surface area contributed by atoms with E-state index >= 15 is 0 Å². The SMILES string of the molecule is COc1ccc(NC(=O)Cn2c3c(sc2=O)[C@H](c2ccc(F)cc2)C2C(=O)N(c4ccccc4C(F)(F)F)C(=O)C2S3)cc1. The van der Waals surface area contributed by atoms with Crippen molar-refractivity contribution in [1.82, 2.24) is 4.57 Å². The number of carbonyl (C=O) groups excluding carboxylic acids is 3. The molecule has 0 bridgehead atoms. The number of amides is 3. The van der Waals surface area contributed by atoms with Crippen molar-refractivity contribution >= 4 is 52.2 Å². The van der Waals surface area contributed by atoms with E-state index in [9.17, 15) is 36.7 Å². The summed E-state index contributed by atoms with van der Waals surface area (Å²) in [4.78, 5) is 54.3. The van der Waals surface area contributed by atoms with Crippen LogP contribution in [0.25, 0.3) is 0 Å². The Balaban J connectivity index is 1.41. The highest BCUT2D eigenvalue weighted by Crippen LogP contribution is 2.54. The van der Waals surface area contributed by atoms with Crippen molar-refractivity contribution < 1.29 is 36.7 Å². The number of carbonyl (C=O) groups is 3. The molecule has 0 aliphatic carbocycles. The summed E-state index contributed by atoms with van der Waals surface area (Å²) in [7, 11) is 1.50. The second kappa shape index (κ2) is 11.2. The van der Waals surface area contributed by atoms with Crippen LogP contribution in [-0.2, 0) is 27.1 Å². The molecule has 0 radical (unpaired) electrons. The Hall–Kier alpha value is -4.43. The van der Waals surface area contributed by atoms with Gasteiger partial charge in [0.2, 0.25) is 17.7 Å². The first kappa shape index (κ1) is 29.6. The normalized spacial score (nSPS) is 19.5. The molecule has 2 aliphatic heterocycles. The standard InChI is InChI=1S/C30H21F4N3O5S2/c1-42-18-12-10-17(11-13-18)35-21(38)14-36-28-25(44-29(36)41)22(15-6-8-16(31)9-7-15)23-24(43-28)27(40)37(26(23)39)20-5-3-2-4-19(20)30(32,33)34/h2-13,22-24H,14H2,1H3,(H,35,38)/t22-,23?,24?/m1/s1. The van der Waals surface area contributed by atoms with Gasteiger partial charge < -0.3 is 10.1 Å². The Bertz CT molecular complexity index is 1840. The van der Waals surface area contributed by atoms with Gasteiger partial charge >= 0.3 is 11.0 Å². The smallest absolute Gasteiger partial charge is 0.418 e. The van der Waals surface area contributed by atoms with E-state index in [1.165, 1.54) is 29.9 Å². The predicted octanol–water partition coefficient (Wildman–Crippen LogP) is 5.51. The van der Waals surface area contributed by atoms with Crippen LogP contribution >= 0.6 is 23.1 Å². The quantitative estimate of drug-likeness (QED) is 0.220. The summed E-state index contributed by atoms with van der Waals surface area (Å²) in [6.45, 7) is -0.431. The Morgan fingerprint density at radius 1 is 0.955 bits per heavy atom. The van der Waals surface area contributed by atoms with E-state index in [4.69, 9.17) is 4.74 Å². The van der Waals surface area contributed by atoms with E-state index < -0.39 is 69.5 Å². The number of alkyl halides is 3. The van der Waals surface area contributed by atoms with Gasteiger partial charge in [-0.2, -0.15) is 13.2 Å². The first-order chi connectivity index (χ1) is 21.0. The summed E-state index contributed by atoms with van der Waals surface area (Å²) in [6.07, 6.45) is -4.84. The van der Waals surface area contributed by atoms with Gasteiger partial charge in [-0.05, 0) is 54.1 Å². The van der Waals surface area contributed by atoms with E-state index in [1.54, 1.807) is 24.3 Å². The molecule has 1 fully saturated rings. The van der Waals surface area contributed by atoms with Crippen molar-refractivity contribution in [2.75, 3.05) is 17.3 Å². The molecule has 4 aromatic rings. The van der Waals surface area contributed by atoms with Gasteiger partial charge in [-0.25, -0.2) is 9.29 Å². The lowest BCUT2D eigenvalue weighted by molar-refractivity contribution is -0.137. The van der Waals surface area contributed by atoms with Gasteiger partial charge in [0.25, 0.3) is 0 Å². The van der Waals surface area contributed by atoms with Gasteiger partial charge in [0, 0.05) is 16.5 Å². The molecular weight excluding hydrogens is 622 g/mol. The number of hydrogen-bond acceptors (Lipinski definition) is 7. The monoisotopic (exact) mass is 643 g/mol. The lowest BCUT2D eigenvalue weighted by Crippen LogP contribution is -2.33. The second-order valence-electron chi connectivity index (χ2n) is 10.0. The molecule has 3 amide bonds. The van der Waals surface area contributed by atoms with Crippen molar-refractivity contribution in [3.8, 4) is 5.75 Å². The Kier molecular flexibility index (Phi) is 7.58. The number of anilines is 2. The maximum Gasteiger partial charge on any atom is 0.418 e. The summed E-state index contributed by atoms with van der Waals surface area (Å²) < 4.78 is 61.9. The molecule has 3 aromatic carbocycles. The molecule has 3 atom stereocenters. The van der Waals surface area contributed by atoms with Crippen LogP contribution in [0.4, 0.5) is 28.9 Å². The fourth-order valence-electron chi connectivity index (χ4n) is 5.45. The number of thioether (sulfide) groups is 1. The number of ether oxygens (including phenoxy) is 1. The van der Waals surface area contributed by atoms with Crippen molar-refractivity contribution in [2.45, 2.75) is 28.9 Å². The zero-order chi connectivity index (χ0) is 31.3. The van der Waals surface area contributed by atoms with Crippen LogP contribution in [0.5, 0.6) is 5.75 Å². The number of thiazole rings is 1. The number of rotatable bonds is 6. The molecule has 6 rings (SSSR count). The molecule has 2 unspecified atom stereocenters. The summed E-state index contributed by atoms with van der Waals surface area (Å²) in [5, 5.41) is 1.72. The number of hydrogen-bond donors (Lipinski definition) is 1. The highest BCUT2D eigenvalue weighted by molar-refractivity contribution is 8.00. The van der Waals surface area contributed by atoms with Crippen LogP contribution in [-0.4, -0.2) is 34.6 Å². The number of benzene rings is 3. The molecule has 226 valence electrons. The second-order valence-corrected chi connectivity index (χ2v) is 12.1. The minimum atomic E-state index is -4.84. The van der Waals surface area contributed by atoms with E-state index in [2.05, 4.69) is 5.32 Å². The predicted molar refractivity (Wildman–Crippen MR) is 156 cm³/mol. The van der Waals surface area contributed by atoms with Crippen molar-refractivity contribution in [1.29, 1.82) is 0 Å². The first-order valence-electron chi connectivity index (χ1n) is 13.1. The molecule has 1 aromatic heterocycles. The molecule has 14 heteroatoms. The molecular formula is C30H21F4N3O5S2. The summed E-state index contributed by atoms with van der Waals surface area (Å²) in [5.74, 6) is -4.43. The van der Waals surface area contributed by atoms with Gasteiger partial charge in [0.1, 0.15) is 23.4 Å². The fourth-order valence-corrected chi connectivity index (χ4v) is 8.22. The third-order valence-electron chi connectivity index (χ3n) is 7.40. The molecule has 8 nitrogen and oxygen atoms in total. The number of halogens is 4. The first-order valence-corrected chi connectivity index (χ1v) is 14.8. The minimum Gasteiger partial charge on any atom is -0.497 e. The van der Waals surface area contributed by atoms with Gasteiger partial charge in [-0.1, -0.05) is 47.4 Å². The number of fused-ring (bicyclic) bond motifs is 2. The van der Waals surface area contributed by atoms with Crippen LogP contribution in [0.15, 0.2) is 82.6 Å². The van der Waals surface area contributed by atoms with Gasteiger partial charge in [-0.15, -0.1) is 0 Å². The Labute approximate surface area is 255 Å². The van der Waals surface area contributed by atoms with Gasteiger partial charge in [0.15, 0.2) is 0 Å². The van der Waals surface area contributed by atoms with E-state index in [-0.39, 0.29) is 5.03 Å². The molecule has 2 aliphatic rings. The lowest BCUT2D eigenvalue weighted by Gasteiger charge is -2.30. The molecule has 1 saturated heterocycles. The van der Waals surface area contributed by atoms with Crippen LogP contribution in [0.2, 0.25) is 0 Å². The third-order valence-corrected chi connectivity index (χ3v) is 10.0. The average molecular weight is 644 g/mol.